The number of hydrogen-bond acceptors (Lipinski definition) is 5. The van der Waals surface area contributed by atoms with Gasteiger partial charge in [-0.1, -0.05) is 23.8 Å². The third kappa shape index (κ3) is 5.62. The first kappa shape index (κ1) is 24.7. The Hall–Kier alpha value is -2.42. The quantitative estimate of drug-likeness (QED) is 0.634. The highest BCUT2D eigenvalue weighted by molar-refractivity contribution is 7.89. The summed E-state index contributed by atoms with van der Waals surface area (Å²) in [5, 5.41) is 2.97. The number of hydrogen-bond donors (Lipinski definition) is 1. The van der Waals surface area contributed by atoms with Crippen LogP contribution in [0.4, 0.5) is 5.69 Å². The molecule has 2 aliphatic heterocycles. The highest BCUT2D eigenvalue weighted by Crippen LogP contribution is 2.29. The minimum atomic E-state index is -3.59. The molecule has 4 rings (SSSR count). The van der Waals surface area contributed by atoms with Crippen molar-refractivity contribution in [3.8, 4) is 5.75 Å². The van der Waals surface area contributed by atoms with E-state index in [1.165, 1.54) is 4.31 Å². The second-order valence-electron chi connectivity index (χ2n) is 9.37. The van der Waals surface area contributed by atoms with Crippen molar-refractivity contribution in [1.82, 2.24) is 4.31 Å². The summed E-state index contributed by atoms with van der Waals surface area (Å²) in [5.41, 5.74) is 3.25. The first-order valence-corrected chi connectivity index (χ1v) is 13.4. The number of sulfonamides is 1. The Morgan fingerprint density at radius 3 is 2.44 bits per heavy atom. The molecule has 1 N–H and O–H groups in total. The number of rotatable bonds is 7. The molecule has 1 atom stereocenters. The number of nitrogens with zero attached hydrogens (tertiary/aromatic N) is 1. The number of anilines is 1. The van der Waals surface area contributed by atoms with Crippen LogP contribution in [0.3, 0.4) is 0 Å². The van der Waals surface area contributed by atoms with Gasteiger partial charge in [0.05, 0.1) is 11.0 Å². The van der Waals surface area contributed by atoms with Gasteiger partial charge in [0.2, 0.25) is 15.9 Å². The van der Waals surface area contributed by atoms with Gasteiger partial charge in [0.25, 0.3) is 0 Å². The third-order valence-corrected chi connectivity index (χ3v) is 8.79. The van der Waals surface area contributed by atoms with Gasteiger partial charge in [0.1, 0.15) is 12.4 Å². The van der Waals surface area contributed by atoms with Gasteiger partial charge in [-0.25, -0.2) is 8.42 Å². The van der Waals surface area contributed by atoms with Gasteiger partial charge in [-0.15, -0.1) is 0 Å². The monoisotopic (exact) mass is 486 g/mol. The molecule has 1 unspecified atom stereocenters. The highest BCUT2D eigenvalue weighted by Gasteiger charge is 2.33. The van der Waals surface area contributed by atoms with Gasteiger partial charge in [0, 0.05) is 37.4 Å². The van der Waals surface area contributed by atoms with Gasteiger partial charge in [-0.2, -0.15) is 4.31 Å². The molecule has 2 aromatic carbocycles. The lowest BCUT2D eigenvalue weighted by molar-refractivity contribution is -0.120. The van der Waals surface area contributed by atoms with Gasteiger partial charge in [-0.05, 0) is 69.7 Å². The second kappa shape index (κ2) is 10.5. The van der Waals surface area contributed by atoms with E-state index >= 15 is 0 Å². The maximum Gasteiger partial charge on any atom is 0.243 e. The lowest BCUT2D eigenvalue weighted by atomic mass is 9.97. The second-order valence-corrected chi connectivity index (χ2v) is 11.2. The lowest BCUT2D eigenvalue weighted by Crippen LogP contribution is -2.41. The largest absolute Gasteiger partial charge is 0.491 e. The van der Waals surface area contributed by atoms with Crippen LogP contribution in [0.1, 0.15) is 42.4 Å². The van der Waals surface area contributed by atoms with Crippen LogP contribution in [0.5, 0.6) is 5.75 Å². The van der Waals surface area contributed by atoms with E-state index < -0.39 is 10.0 Å². The number of carbonyl (C=O) groups is 1. The number of aryl methyl sites for hydroxylation is 3. The predicted molar refractivity (Wildman–Crippen MR) is 132 cm³/mol. The molecule has 0 saturated carbocycles. The van der Waals surface area contributed by atoms with Crippen molar-refractivity contribution in [3.63, 3.8) is 0 Å². The van der Waals surface area contributed by atoms with E-state index in [1.807, 2.05) is 57.2 Å². The molecule has 0 radical (unpaired) electrons. The average molecular weight is 487 g/mol. The molecular weight excluding hydrogens is 452 g/mol. The predicted octanol–water partition coefficient (Wildman–Crippen LogP) is 4.21. The molecule has 2 aromatic rings. The molecule has 0 spiro atoms. The molecular formula is C26H34N2O5S. The molecule has 0 bridgehead atoms. The smallest absolute Gasteiger partial charge is 0.243 e. The number of piperidine rings is 1. The fourth-order valence-corrected chi connectivity index (χ4v) is 6.82. The number of carbonyl (C=O) groups excluding carboxylic acids is 1. The van der Waals surface area contributed by atoms with Crippen molar-refractivity contribution in [1.29, 1.82) is 0 Å². The zero-order valence-electron chi connectivity index (χ0n) is 20.2. The van der Waals surface area contributed by atoms with E-state index in [2.05, 4.69) is 5.32 Å². The number of ether oxygens (including phenoxy) is 2. The van der Waals surface area contributed by atoms with Crippen LogP contribution in [0, 0.1) is 26.7 Å². The summed E-state index contributed by atoms with van der Waals surface area (Å²) < 4.78 is 39.5. The number of benzene rings is 2. The molecule has 184 valence electrons. The van der Waals surface area contributed by atoms with Crippen LogP contribution >= 0.6 is 0 Å². The fraction of sp³-hybridized carbons (Fsp3) is 0.500. The molecule has 2 heterocycles. The Kier molecular flexibility index (Phi) is 7.60. The van der Waals surface area contributed by atoms with Crippen LogP contribution in [0.15, 0.2) is 41.3 Å². The normalized spacial score (nSPS) is 19.8. The minimum absolute atomic E-state index is 0.0870. The van der Waals surface area contributed by atoms with E-state index in [-0.39, 0.29) is 17.9 Å². The van der Waals surface area contributed by atoms with Crippen molar-refractivity contribution >= 4 is 21.6 Å². The first-order valence-electron chi connectivity index (χ1n) is 12.0. The zero-order chi connectivity index (χ0) is 24.3. The maximum absolute atomic E-state index is 13.3. The summed E-state index contributed by atoms with van der Waals surface area (Å²) in [6.07, 6.45) is 3.18. The first-order chi connectivity index (χ1) is 16.2. The molecule has 2 fully saturated rings. The third-order valence-electron chi connectivity index (χ3n) is 6.59. The Morgan fingerprint density at radius 1 is 1.09 bits per heavy atom. The average Bonchev–Trinajstić information content (AvgIpc) is 3.31. The Morgan fingerprint density at radius 2 is 1.79 bits per heavy atom. The zero-order valence-corrected chi connectivity index (χ0v) is 21.0. The number of nitrogens with one attached hydrogen (secondary N) is 1. The fourth-order valence-electron chi connectivity index (χ4n) is 4.93. The molecule has 8 heteroatoms. The highest BCUT2D eigenvalue weighted by atomic mass is 32.2. The van der Waals surface area contributed by atoms with Crippen LogP contribution in [0.2, 0.25) is 0 Å². The van der Waals surface area contributed by atoms with Gasteiger partial charge in [-0.3, -0.25) is 4.79 Å². The van der Waals surface area contributed by atoms with Gasteiger partial charge >= 0.3 is 0 Å². The molecule has 1 amide bonds. The maximum atomic E-state index is 13.3. The summed E-state index contributed by atoms with van der Waals surface area (Å²) in [6, 6.07) is 11.2. The van der Waals surface area contributed by atoms with Crippen molar-refractivity contribution in [3.05, 3.63) is 53.1 Å². The Labute approximate surface area is 202 Å². The Bertz CT molecular complexity index is 1110. The minimum Gasteiger partial charge on any atom is -0.491 e. The van der Waals surface area contributed by atoms with E-state index in [0.717, 1.165) is 36.1 Å². The summed E-state index contributed by atoms with van der Waals surface area (Å²) >= 11 is 0. The van der Waals surface area contributed by atoms with Crippen molar-refractivity contribution in [2.24, 2.45) is 5.92 Å². The van der Waals surface area contributed by atoms with Gasteiger partial charge < -0.3 is 14.8 Å². The molecule has 34 heavy (non-hydrogen) atoms. The van der Waals surface area contributed by atoms with Gasteiger partial charge in [0.15, 0.2) is 0 Å². The van der Waals surface area contributed by atoms with E-state index in [0.29, 0.717) is 48.9 Å². The molecule has 2 aliphatic rings. The molecule has 0 aromatic heterocycles. The SMILES string of the molecule is Cc1cc(C)c(S(=O)(=O)N2CCC(C(=O)Nc3cccc(OCC4CCCO4)c3)CC2)c(C)c1. The summed E-state index contributed by atoms with van der Waals surface area (Å²) in [7, 11) is -3.59. The Balaban J connectivity index is 1.34. The van der Waals surface area contributed by atoms with Crippen molar-refractivity contribution < 1.29 is 22.7 Å². The summed E-state index contributed by atoms with van der Waals surface area (Å²) in [6.45, 7) is 7.60. The number of amides is 1. The topological polar surface area (TPSA) is 84.9 Å². The molecule has 0 aliphatic carbocycles. The van der Waals surface area contributed by atoms with Crippen LogP contribution in [0.25, 0.3) is 0 Å². The molecule has 7 nitrogen and oxygen atoms in total. The van der Waals surface area contributed by atoms with Crippen LogP contribution < -0.4 is 10.1 Å². The van der Waals surface area contributed by atoms with E-state index in [4.69, 9.17) is 9.47 Å². The summed E-state index contributed by atoms with van der Waals surface area (Å²) in [4.78, 5) is 13.3. The molecule has 2 saturated heterocycles. The van der Waals surface area contributed by atoms with Crippen LogP contribution in [-0.2, 0) is 19.6 Å². The standard InChI is InChI=1S/C26H34N2O5S/c1-18-14-19(2)25(20(3)15-18)34(30,31)28-11-9-21(10-12-28)26(29)27-22-6-4-7-23(16-22)33-17-24-8-5-13-32-24/h4,6-7,14-16,21,24H,5,8-13,17H2,1-3H3,(H,27,29). The van der Waals surface area contributed by atoms with E-state index in [1.54, 1.807) is 0 Å². The van der Waals surface area contributed by atoms with Crippen molar-refractivity contribution in [2.45, 2.75) is 57.5 Å². The summed E-state index contributed by atoms with van der Waals surface area (Å²) in [5.74, 6) is 0.372. The van der Waals surface area contributed by atoms with Crippen LogP contribution in [-0.4, -0.2) is 51.0 Å². The van der Waals surface area contributed by atoms with Crippen molar-refractivity contribution in [2.75, 3.05) is 31.6 Å². The lowest BCUT2D eigenvalue weighted by Gasteiger charge is -2.31. The van der Waals surface area contributed by atoms with E-state index in [9.17, 15) is 13.2 Å².